The van der Waals surface area contributed by atoms with Crippen LogP contribution in [0.2, 0.25) is 0 Å². The molecule has 0 aliphatic heterocycles. The van der Waals surface area contributed by atoms with Gasteiger partial charge in [0.15, 0.2) is 0 Å². The molecule has 2 aromatic heterocycles. The zero-order chi connectivity index (χ0) is 16.1. The summed E-state index contributed by atoms with van der Waals surface area (Å²) in [5, 5.41) is 7.48. The number of aromatic nitrogens is 3. The van der Waals surface area contributed by atoms with Crippen LogP contribution in [-0.2, 0) is 13.6 Å². The Morgan fingerprint density at radius 1 is 1.04 bits per heavy atom. The van der Waals surface area contributed by atoms with Crippen molar-refractivity contribution in [3.63, 3.8) is 0 Å². The highest BCUT2D eigenvalue weighted by molar-refractivity contribution is 5.53. The number of benzene rings is 1. The van der Waals surface area contributed by atoms with Crippen LogP contribution in [0.4, 0.5) is 5.69 Å². The third-order valence-electron chi connectivity index (χ3n) is 3.43. The summed E-state index contributed by atoms with van der Waals surface area (Å²) in [5.74, 6) is 2.01. The van der Waals surface area contributed by atoms with Crippen LogP contribution in [-0.4, -0.2) is 21.9 Å². The molecule has 0 saturated heterocycles. The van der Waals surface area contributed by atoms with Gasteiger partial charge < -0.3 is 14.8 Å². The fourth-order valence-corrected chi connectivity index (χ4v) is 2.12. The predicted molar refractivity (Wildman–Crippen MR) is 87.8 cm³/mol. The third kappa shape index (κ3) is 3.60. The third-order valence-corrected chi connectivity index (χ3v) is 3.43. The van der Waals surface area contributed by atoms with E-state index in [1.165, 1.54) is 0 Å². The van der Waals surface area contributed by atoms with Crippen LogP contribution in [0.25, 0.3) is 0 Å². The van der Waals surface area contributed by atoms with E-state index in [0.717, 1.165) is 17.1 Å². The van der Waals surface area contributed by atoms with Gasteiger partial charge in [-0.05, 0) is 42.5 Å². The van der Waals surface area contributed by atoms with E-state index in [2.05, 4.69) is 15.4 Å². The first-order valence-electron chi connectivity index (χ1n) is 7.24. The average Bonchev–Trinajstić information content (AvgIpc) is 3.00. The van der Waals surface area contributed by atoms with Crippen molar-refractivity contribution in [3.8, 4) is 17.4 Å². The van der Waals surface area contributed by atoms with Gasteiger partial charge in [-0.2, -0.15) is 5.10 Å². The van der Waals surface area contributed by atoms with E-state index >= 15 is 0 Å². The molecule has 0 aliphatic carbocycles. The van der Waals surface area contributed by atoms with Gasteiger partial charge >= 0.3 is 0 Å². The minimum Gasteiger partial charge on any atom is -0.497 e. The Labute approximate surface area is 134 Å². The van der Waals surface area contributed by atoms with Crippen LogP contribution in [0.1, 0.15) is 5.69 Å². The molecule has 0 fully saturated rings. The van der Waals surface area contributed by atoms with Crippen molar-refractivity contribution in [2.75, 3.05) is 12.4 Å². The Bertz CT molecular complexity index is 768. The minimum atomic E-state index is 0.528. The van der Waals surface area contributed by atoms with E-state index in [0.29, 0.717) is 18.2 Å². The minimum absolute atomic E-state index is 0.528. The second-order valence-electron chi connectivity index (χ2n) is 4.93. The molecule has 2 heterocycles. The highest BCUT2D eigenvalue weighted by atomic mass is 16.5. The van der Waals surface area contributed by atoms with Gasteiger partial charge in [-0.25, -0.2) is 4.98 Å². The molecule has 0 saturated carbocycles. The predicted octanol–water partition coefficient (Wildman–Crippen LogP) is 3.23. The highest BCUT2D eigenvalue weighted by Gasteiger charge is 2.07. The molecule has 6 heteroatoms. The largest absolute Gasteiger partial charge is 0.497 e. The van der Waals surface area contributed by atoms with Crippen LogP contribution in [0.3, 0.4) is 0 Å². The molecule has 0 atom stereocenters. The topological polar surface area (TPSA) is 61.2 Å². The number of ether oxygens (including phenoxy) is 2. The van der Waals surface area contributed by atoms with Crippen molar-refractivity contribution in [1.29, 1.82) is 0 Å². The van der Waals surface area contributed by atoms with Gasteiger partial charge in [-0.15, -0.1) is 0 Å². The number of hydrogen-bond donors (Lipinski definition) is 1. The van der Waals surface area contributed by atoms with Crippen molar-refractivity contribution in [1.82, 2.24) is 14.8 Å². The van der Waals surface area contributed by atoms with Crippen molar-refractivity contribution in [3.05, 3.63) is 60.6 Å². The summed E-state index contributed by atoms with van der Waals surface area (Å²) in [7, 11) is 3.55. The number of rotatable bonds is 6. The molecule has 3 rings (SSSR count). The molecule has 0 aliphatic rings. The Morgan fingerprint density at radius 2 is 1.83 bits per heavy atom. The lowest BCUT2D eigenvalue weighted by molar-refractivity contribution is 0.412. The molecule has 3 aromatic rings. The zero-order valence-electron chi connectivity index (χ0n) is 13.1. The smallest absolute Gasteiger partial charge is 0.242 e. The molecule has 118 valence electrons. The fraction of sp³-hybridized carbons (Fsp3) is 0.176. The number of pyridine rings is 1. The first-order valence-corrected chi connectivity index (χ1v) is 7.24. The molecule has 6 nitrogen and oxygen atoms in total. The average molecular weight is 310 g/mol. The normalized spacial score (nSPS) is 10.3. The number of hydrogen-bond acceptors (Lipinski definition) is 5. The number of nitrogens with one attached hydrogen (secondary N) is 1. The number of anilines is 1. The van der Waals surface area contributed by atoms with Gasteiger partial charge in [0.25, 0.3) is 0 Å². The second-order valence-corrected chi connectivity index (χ2v) is 4.93. The monoisotopic (exact) mass is 310 g/mol. The van der Waals surface area contributed by atoms with Crippen LogP contribution < -0.4 is 14.8 Å². The molecule has 1 aromatic carbocycles. The summed E-state index contributed by atoms with van der Waals surface area (Å²) < 4.78 is 12.8. The van der Waals surface area contributed by atoms with E-state index in [1.807, 2.05) is 54.2 Å². The molecular formula is C17H18N4O2. The lowest BCUT2D eigenvalue weighted by atomic mass is 10.3. The second kappa shape index (κ2) is 6.83. The van der Waals surface area contributed by atoms with E-state index in [9.17, 15) is 0 Å². The molecule has 0 unspecified atom stereocenters. The first kappa shape index (κ1) is 14.9. The number of methoxy groups -OCH3 is 1. The Hall–Kier alpha value is -3.02. The summed E-state index contributed by atoms with van der Waals surface area (Å²) in [6.45, 7) is 0.640. The van der Waals surface area contributed by atoms with Crippen LogP contribution in [0.15, 0.2) is 54.9 Å². The van der Waals surface area contributed by atoms with Crippen molar-refractivity contribution >= 4 is 5.69 Å². The van der Waals surface area contributed by atoms with E-state index in [4.69, 9.17) is 9.47 Å². The van der Waals surface area contributed by atoms with E-state index in [1.54, 1.807) is 19.5 Å². The van der Waals surface area contributed by atoms with Gasteiger partial charge in [0, 0.05) is 19.4 Å². The Balaban J connectivity index is 1.73. The maximum Gasteiger partial charge on any atom is 0.242 e. The van der Waals surface area contributed by atoms with Crippen LogP contribution in [0, 0.1) is 0 Å². The molecule has 23 heavy (non-hydrogen) atoms. The summed E-state index contributed by atoms with van der Waals surface area (Å²) in [4.78, 5) is 4.30. The Morgan fingerprint density at radius 3 is 2.52 bits per heavy atom. The highest BCUT2D eigenvalue weighted by Crippen LogP contribution is 2.28. The van der Waals surface area contributed by atoms with Crippen molar-refractivity contribution in [2.45, 2.75) is 6.54 Å². The Kier molecular flexibility index (Phi) is 4.42. The van der Waals surface area contributed by atoms with Gasteiger partial charge in [0.1, 0.15) is 11.5 Å². The van der Waals surface area contributed by atoms with Gasteiger partial charge in [-0.1, -0.05) is 0 Å². The van der Waals surface area contributed by atoms with Crippen molar-refractivity contribution in [2.24, 2.45) is 7.05 Å². The lowest BCUT2D eigenvalue weighted by Gasteiger charge is -2.12. The van der Waals surface area contributed by atoms with Gasteiger partial charge in [0.2, 0.25) is 5.88 Å². The van der Waals surface area contributed by atoms with Gasteiger partial charge in [-0.3, -0.25) is 4.68 Å². The summed E-state index contributed by atoms with van der Waals surface area (Å²) in [6.07, 6.45) is 3.48. The molecule has 0 radical (unpaired) electrons. The van der Waals surface area contributed by atoms with E-state index < -0.39 is 0 Å². The molecular weight excluding hydrogens is 292 g/mol. The zero-order valence-corrected chi connectivity index (χ0v) is 13.1. The first-order chi connectivity index (χ1) is 11.3. The van der Waals surface area contributed by atoms with Gasteiger partial charge in [0.05, 0.1) is 25.0 Å². The summed E-state index contributed by atoms with van der Waals surface area (Å²) in [5.41, 5.74) is 1.90. The maximum absolute atomic E-state index is 5.86. The van der Waals surface area contributed by atoms with Crippen LogP contribution in [0.5, 0.6) is 17.4 Å². The summed E-state index contributed by atoms with van der Waals surface area (Å²) in [6, 6.07) is 13.2. The summed E-state index contributed by atoms with van der Waals surface area (Å²) >= 11 is 0. The van der Waals surface area contributed by atoms with Crippen LogP contribution >= 0.6 is 0 Å². The van der Waals surface area contributed by atoms with E-state index in [-0.39, 0.29) is 0 Å². The van der Waals surface area contributed by atoms with Crippen molar-refractivity contribution < 1.29 is 9.47 Å². The number of aryl methyl sites for hydroxylation is 1. The standard InChI is InChI=1S/C17H18N4O2/c1-21-13(9-11-20-21)12-19-16-4-3-10-18-17(16)23-15-7-5-14(22-2)6-8-15/h3-11,19H,12H2,1-2H3. The quantitative estimate of drug-likeness (QED) is 0.757. The maximum atomic E-state index is 5.86. The number of nitrogens with zero attached hydrogens (tertiary/aromatic N) is 3. The SMILES string of the molecule is COc1ccc(Oc2ncccc2NCc2ccnn2C)cc1. The lowest BCUT2D eigenvalue weighted by Crippen LogP contribution is -2.06. The molecule has 0 amide bonds. The molecule has 0 spiro atoms. The fourth-order valence-electron chi connectivity index (χ4n) is 2.12. The molecule has 1 N–H and O–H groups in total. The molecule has 0 bridgehead atoms.